The van der Waals surface area contributed by atoms with Crippen LogP contribution >= 0.6 is 28.6 Å². The second-order valence-corrected chi connectivity index (χ2v) is 3.82. The quantitative estimate of drug-likeness (QED) is 0.454. The van der Waals surface area contributed by atoms with E-state index in [0.29, 0.717) is 12.2 Å². The van der Waals surface area contributed by atoms with Gasteiger partial charge in [0.2, 0.25) is 0 Å². The zero-order valence-corrected chi connectivity index (χ0v) is 9.63. The van der Waals surface area contributed by atoms with E-state index >= 15 is 0 Å². The first kappa shape index (κ1) is 11.5. The predicted octanol–water partition coefficient (Wildman–Crippen LogP) is 3.40. The molecule has 0 spiro atoms. The normalized spacial score (nSPS) is 9.43. The van der Waals surface area contributed by atoms with Gasteiger partial charge in [0.15, 0.2) is 0 Å². The van der Waals surface area contributed by atoms with Gasteiger partial charge in [-0.3, -0.25) is 0 Å². The second-order valence-electron chi connectivity index (χ2n) is 2.52. The standard InChI is InChI=1S/C10H7BrF2S/c11-8-6-9(12)7(5-10(8)13)3-1-2-4-14/h5-6,14H,2,4H2. The monoisotopic (exact) mass is 276 g/mol. The Labute approximate surface area is 95.2 Å². The second kappa shape index (κ2) is 5.38. The molecule has 1 aromatic carbocycles. The Morgan fingerprint density at radius 2 is 2.00 bits per heavy atom. The van der Waals surface area contributed by atoms with Crippen molar-refractivity contribution in [1.29, 1.82) is 0 Å². The van der Waals surface area contributed by atoms with Crippen LogP contribution in [0.4, 0.5) is 8.78 Å². The highest BCUT2D eigenvalue weighted by molar-refractivity contribution is 9.10. The summed E-state index contributed by atoms with van der Waals surface area (Å²) < 4.78 is 26.2. The van der Waals surface area contributed by atoms with E-state index in [2.05, 4.69) is 40.4 Å². The molecule has 0 atom stereocenters. The third-order valence-electron chi connectivity index (χ3n) is 1.47. The molecule has 0 aliphatic carbocycles. The van der Waals surface area contributed by atoms with Crippen molar-refractivity contribution < 1.29 is 8.78 Å². The van der Waals surface area contributed by atoms with E-state index < -0.39 is 11.6 Å². The van der Waals surface area contributed by atoms with Crippen LogP contribution in [0.2, 0.25) is 0 Å². The first-order valence-corrected chi connectivity index (χ1v) is 5.32. The van der Waals surface area contributed by atoms with Crippen LogP contribution < -0.4 is 0 Å². The molecule has 0 saturated heterocycles. The number of hydrogen-bond donors (Lipinski definition) is 1. The molecule has 0 N–H and O–H groups in total. The Morgan fingerprint density at radius 1 is 1.29 bits per heavy atom. The lowest BCUT2D eigenvalue weighted by atomic mass is 10.2. The smallest absolute Gasteiger partial charge is 0.140 e. The van der Waals surface area contributed by atoms with Gasteiger partial charge in [0.1, 0.15) is 11.6 Å². The summed E-state index contributed by atoms with van der Waals surface area (Å²) in [5.41, 5.74) is 0.0764. The maximum absolute atomic E-state index is 13.1. The Morgan fingerprint density at radius 3 is 2.64 bits per heavy atom. The van der Waals surface area contributed by atoms with Crippen molar-refractivity contribution in [3.05, 3.63) is 33.8 Å². The molecule has 14 heavy (non-hydrogen) atoms. The van der Waals surface area contributed by atoms with Crippen molar-refractivity contribution in [1.82, 2.24) is 0 Å². The topological polar surface area (TPSA) is 0 Å². The fraction of sp³-hybridized carbons (Fsp3) is 0.200. The maximum Gasteiger partial charge on any atom is 0.140 e. The molecule has 0 amide bonds. The third kappa shape index (κ3) is 3.00. The number of halogens is 3. The minimum Gasteiger partial charge on any atom is -0.206 e. The predicted molar refractivity (Wildman–Crippen MR) is 59.4 cm³/mol. The molecule has 0 saturated carbocycles. The van der Waals surface area contributed by atoms with Crippen molar-refractivity contribution in [3.63, 3.8) is 0 Å². The van der Waals surface area contributed by atoms with Gasteiger partial charge in [-0.1, -0.05) is 11.8 Å². The van der Waals surface area contributed by atoms with Gasteiger partial charge in [0, 0.05) is 12.2 Å². The van der Waals surface area contributed by atoms with E-state index in [4.69, 9.17) is 0 Å². The molecule has 74 valence electrons. The minimum absolute atomic E-state index is 0.0764. The molecule has 1 aromatic rings. The maximum atomic E-state index is 13.1. The van der Waals surface area contributed by atoms with E-state index in [-0.39, 0.29) is 10.0 Å². The third-order valence-corrected chi connectivity index (χ3v) is 2.30. The summed E-state index contributed by atoms with van der Waals surface area (Å²) in [4.78, 5) is 0. The van der Waals surface area contributed by atoms with Gasteiger partial charge in [0.05, 0.1) is 10.0 Å². The Hall–Kier alpha value is -0.530. The van der Waals surface area contributed by atoms with Crippen LogP contribution in [-0.4, -0.2) is 5.75 Å². The van der Waals surface area contributed by atoms with Crippen molar-refractivity contribution in [2.45, 2.75) is 6.42 Å². The van der Waals surface area contributed by atoms with E-state index in [1.165, 1.54) is 0 Å². The van der Waals surface area contributed by atoms with E-state index in [9.17, 15) is 8.78 Å². The number of benzene rings is 1. The summed E-state index contributed by atoms with van der Waals surface area (Å²) in [6, 6.07) is 2.14. The van der Waals surface area contributed by atoms with Crippen LogP contribution in [0.1, 0.15) is 12.0 Å². The molecule has 0 unspecified atom stereocenters. The Kier molecular flexibility index (Phi) is 4.43. The van der Waals surface area contributed by atoms with Crippen molar-refractivity contribution >= 4 is 28.6 Å². The average molecular weight is 277 g/mol. The highest BCUT2D eigenvalue weighted by atomic mass is 79.9. The Bertz CT molecular complexity index is 393. The molecule has 0 radical (unpaired) electrons. The first-order valence-electron chi connectivity index (χ1n) is 3.89. The van der Waals surface area contributed by atoms with Crippen LogP contribution in [0.5, 0.6) is 0 Å². The molecule has 0 nitrogen and oxygen atoms in total. The van der Waals surface area contributed by atoms with Crippen LogP contribution in [0.3, 0.4) is 0 Å². The first-order chi connectivity index (χ1) is 6.65. The number of rotatable bonds is 1. The zero-order valence-electron chi connectivity index (χ0n) is 7.15. The van der Waals surface area contributed by atoms with Gasteiger partial charge in [-0.05, 0) is 28.1 Å². The highest BCUT2D eigenvalue weighted by Gasteiger charge is 2.05. The highest BCUT2D eigenvalue weighted by Crippen LogP contribution is 2.19. The van der Waals surface area contributed by atoms with Crippen LogP contribution in [0.15, 0.2) is 16.6 Å². The summed E-state index contributed by atoms with van der Waals surface area (Å²) in [7, 11) is 0. The summed E-state index contributed by atoms with van der Waals surface area (Å²) in [6.45, 7) is 0. The van der Waals surface area contributed by atoms with Crippen LogP contribution in [0.25, 0.3) is 0 Å². The lowest BCUT2D eigenvalue weighted by Crippen LogP contribution is -1.87. The average Bonchev–Trinajstić information content (AvgIpc) is 2.14. The van der Waals surface area contributed by atoms with Gasteiger partial charge >= 0.3 is 0 Å². The van der Waals surface area contributed by atoms with Crippen molar-refractivity contribution in [3.8, 4) is 11.8 Å². The van der Waals surface area contributed by atoms with Gasteiger partial charge in [0.25, 0.3) is 0 Å². The minimum atomic E-state index is -0.523. The summed E-state index contributed by atoms with van der Waals surface area (Å²) >= 11 is 6.84. The lowest BCUT2D eigenvalue weighted by molar-refractivity contribution is 0.591. The van der Waals surface area contributed by atoms with E-state index in [1.807, 2.05) is 0 Å². The van der Waals surface area contributed by atoms with Crippen molar-refractivity contribution in [2.75, 3.05) is 5.75 Å². The van der Waals surface area contributed by atoms with Crippen LogP contribution in [0, 0.1) is 23.5 Å². The molecular formula is C10H7BrF2S. The fourth-order valence-electron chi connectivity index (χ4n) is 0.832. The molecule has 0 aliphatic rings. The zero-order chi connectivity index (χ0) is 10.6. The van der Waals surface area contributed by atoms with Gasteiger partial charge in [-0.2, -0.15) is 12.6 Å². The molecule has 1 rings (SSSR count). The summed E-state index contributed by atoms with van der Waals surface area (Å²) in [6.07, 6.45) is 0.556. The molecule has 0 aromatic heterocycles. The van der Waals surface area contributed by atoms with Crippen LogP contribution in [-0.2, 0) is 0 Å². The number of hydrogen-bond acceptors (Lipinski definition) is 1. The van der Waals surface area contributed by atoms with E-state index in [1.54, 1.807) is 0 Å². The largest absolute Gasteiger partial charge is 0.206 e. The van der Waals surface area contributed by atoms with E-state index in [0.717, 1.165) is 12.1 Å². The van der Waals surface area contributed by atoms with Gasteiger partial charge < -0.3 is 0 Å². The van der Waals surface area contributed by atoms with Gasteiger partial charge in [-0.15, -0.1) is 0 Å². The van der Waals surface area contributed by atoms with Gasteiger partial charge in [-0.25, -0.2) is 8.78 Å². The molecule has 0 bridgehead atoms. The van der Waals surface area contributed by atoms with Crippen molar-refractivity contribution in [2.24, 2.45) is 0 Å². The number of thiol groups is 1. The lowest BCUT2D eigenvalue weighted by Gasteiger charge is -1.97. The molecule has 0 fully saturated rings. The molecule has 0 heterocycles. The summed E-state index contributed by atoms with van der Waals surface area (Å²) in [5.74, 6) is 4.81. The molecule has 4 heteroatoms. The SMILES string of the molecule is Fc1cc(C#CCCS)c(F)cc1Br. The summed E-state index contributed by atoms with van der Waals surface area (Å²) in [5, 5.41) is 0. The Balaban J connectivity index is 3.00. The molecule has 0 aliphatic heterocycles. The fourth-order valence-corrected chi connectivity index (χ4v) is 1.26. The molecular weight excluding hydrogens is 270 g/mol.